The van der Waals surface area contributed by atoms with Gasteiger partial charge in [-0.25, -0.2) is 4.98 Å². The smallest absolute Gasteiger partial charge is 0.270 e. The lowest BCUT2D eigenvalue weighted by atomic mass is 10.2. The molecule has 5 nitrogen and oxygen atoms in total. The van der Waals surface area contributed by atoms with Gasteiger partial charge < -0.3 is 15.1 Å². The maximum Gasteiger partial charge on any atom is 0.270 e. The molecule has 1 atom stereocenters. The van der Waals surface area contributed by atoms with E-state index in [1.165, 1.54) is 0 Å². The van der Waals surface area contributed by atoms with Crippen molar-refractivity contribution < 1.29 is 9.21 Å². The molecule has 0 aliphatic heterocycles. The minimum atomic E-state index is -0.177. The number of anilines is 1. The summed E-state index contributed by atoms with van der Waals surface area (Å²) < 4.78 is 5.27. The molecule has 2 aromatic rings. The topological polar surface area (TPSA) is 67.2 Å². The van der Waals surface area contributed by atoms with E-state index in [9.17, 15) is 4.79 Å². The van der Waals surface area contributed by atoms with Gasteiger partial charge in [-0.1, -0.05) is 6.07 Å². The molecule has 0 spiro atoms. The molecule has 5 heteroatoms. The van der Waals surface area contributed by atoms with Crippen LogP contribution in [0.5, 0.6) is 0 Å². The number of hydrogen-bond donors (Lipinski definition) is 2. The average Bonchev–Trinajstić information content (AvgIpc) is 2.92. The Morgan fingerprint density at radius 3 is 2.90 bits per heavy atom. The van der Waals surface area contributed by atoms with Gasteiger partial charge in [0.1, 0.15) is 17.3 Å². The summed E-state index contributed by atoms with van der Waals surface area (Å²) in [7, 11) is 0. The van der Waals surface area contributed by atoms with Gasteiger partial charge in [0.05, 0.1) is 6.26 Å². The van der Waals surface area contributed by atoms with E-state index in [1.807, 2.05) is 38.1 Å². The second-order valence-corrected chi connectivity index (χ2v) is 4.60. The van der Waals surface area contributed by atoms with Crippen LogP contribution in [0.2, 0.25) is 0 Å². The number of rotatable bonds is 6. The van der Waals surface area contributed by atoms with Crippen molar-refractivity contribution >= 4 is 11.7 Å². The van der Waals surface area contributed by atoms with Crippen LogP contribution in [0.3, 0.4) is 0 Å². The molecule has 0 fully saturated rings. The van der Waals surface area contributed by atoms with Crippen LogP contribution in [0.1, 0.15) is 30.1 Å². The number of hydrogen-bond acceptors (Lipinski definition) is 4. The number of carbonyl (C=O) groups excluding carboxylic acids is 1. The Morgan fingerprint density at radius 2 is 2.20 bits per heavy atom. The van der Waals surface area contributed by atoms with Crippen molar-refractivity contribution in [3.8, 4) is 0 Å². The Morgan fingerprint density at radius 1 is 1.35 bits per heavy atom. The van der Waals surface area contributed by atoms with Gasteiger partial charge in [0, 0.05) is 19.0 Å². The van der Waals surface area contributed by atoms with Gasteiger partial charge in [-0.15, -0.1) is 0 Å². The molecule has 0 bridgehead atoms. The standard InChI is InChI=1S/C15H19N3O2/c1-3-16-14-8-4-7-13(18-14)15(19)17-11(2)10-12-6-5-9-20-12/h4-9,11H,3,10H2,1-2H3,(H,16,18)(H,17,19). The van der Waals surface area contributed by atoms with E-state index in [-0.39, 0.29) is 11.9 Å². The van der Waals surface area contributed by atoms with Crippen molar-refractivity contribution in [2.75, 3.05) is 11.9 Å². The van der Waals surface area contributed by atoms with Crippen LogP contribution >= 0.6 is 0 Å². The number of furan rings is 1. The highest BCUT2D eigenvalue weighted by molar-refractivity contribution is 5.92. The lowest BCUT2D eigenvalue weighted by molar-refractivity contribution is 0.0934. The van der Waals surface area contributed by atoms with E-state index in [0.29, 0.717) is 17.9 Å². The Balaban J connectivity index is 1.95. The molecule has 106 valence electrons. The van der Waals surface area contributed by atoms with Crippen LogP contribution in [-0.2, 0) is 6.42 Å². The molecule has 0 saturated carbocycles. The van der Waals surface area contributed by atoms with E-state index in [4.69, 9.17) is 4.42 Å². The Hall–Kier alpha value is -2.30. The highest BCUT2D eigenvalue weighted by atomic mass is 16.3. The summed E-state index contributed by atoms with van der Waals surface area (Å²) in [6.07, 6.45) is 2.29. The maximum absolute atomic E-state index is 12.1. The summed E-state index contributed by atoms with van der Waals surface area (Å²) in [5.41, 5.74) is 0.412. The van der Waals surface area contributed by atoms with Gasteiger partial charge in [0.2, 0.25) is 0 Å². The lowest BCUT2D eigenvalue weighted by Crippen LogP contribution is -2.34. The van der Waals surface area contributed by atoms with Crippen LogP contribution in [0.25, 0.3) is 0 Å². The molecular formula is C15H19N3O2. The Labute approximate surface area is 118 Å². The van der Waals surface area contributed by atoms with Gasteiger partial charge in [0.25, 0.3) is 5.91 Å². The number of pyridine rings is 1. The highest BCUT2D eigenvalue weighted by Crippen LogP contribution is 2.07. The summed E-state index contributed by atoms with van der Waals surface area (Å²) in [5, 5.41) is 6.00. The first kappa shape index (κ1) is 14.1. The van der Waals surface area contributed by atoms with E-state index in [1.54, 1.807) is 12.3 Å². The number of carbonyl (C=O) groups is 1. The second-order valence-electron chi connectivity index (χ2n) is 4.60. The summed E-state index contributed by atoms with van der Waals surface area (Å²) in [5.74, 6) is 1.38. The fraction of sp³-hybridized carbons (Fsp3) is 0.333. The monoisotopic (exact) mass is 273 g/mol. The van der Waals surface area contributed by atoms with E-state index in [0.717, 1.165) is 12.3 Å². The molecule has 0 aromatic carbocycles. The lowest BCUT2D eigenvalue weighted by Gasteiger charge is -2.12. The zero-order valence-corrected chi connectivity index (χ0v) is 11.7. The molecule has 1 unspecified atom stereocenters. The first-order valence-electron chi connectivity index (χ1n) is 6.73. The molecule has 1 amide bonds. The molecule has 2 heterocycles. The predicted octanol–water partition coefficient (Wildman–Crippen LogP) is 2.47. The van der Waals surface area contributed by atoms with Crippen molar-refractivity contribution in [1.82, 2.24) is 10.3 Å². The van der Waals surface area contributed by atoms with Crippen molar-refractivity contribution in [1.29, 1.82) is 0 Å². The SMILES string of the molecule is CCNc1cccc(C(=O)NC(C)Cc2ccco2)n1. The summed E-state index contributed by atoms with van der Waals surface area (Å²) in [4.78, 5) is 16.4. The molecule has 2 N–H and O–H groups in total. The number of nitrogens with one attached hydrogen (secondary N) is 2. The molecule has 0 aliphatic rings. The van der Waals surface area contributed by atoms with Gasteiger partial charge in [0.15, 0.2) is 0 Å². The van der Waals surface area contributed by atoms with Crippen molar-refractivity contribution in [2.24, 2.45) is 0 Å². The predicted molar refractivity (Wildman–Crippen MR) is 77.7 cm³/mol. The highest BCUT2D eigenvalue weighted by Gasteiger charge is 2.12. The second kappa shape index (κ2) is 6.75. The van der Waals surface area contributed by atoms with Crippen molar-refractivity contribution in [3.63, 3.8) is 0 Å². The normalized spacial score (nSPS) is 11.9. The van der Waals surface area contributed by atoms with Gasteiger partial charge in [-0.3, -0.25) is 4.79 Å². The van der Waals surface area contributed by atoms with E-state index >= 15 is 0 Å². The van der Waals surface area contributed by atoms with Gasteiger partial charge in [-0.2, -0.15) is 0 Å². The molecule has 0 radical (unpaired) electrons. The minimum absolute atomic E-state index is 0.0155. The van der Waals surface area contributed by atoms with Gasteiger partial charge in [-0.05, 0) is 38.1 Å². The third-order valence-corrected chi connectivity index (χ3v) is 2.80. The molecule has 2 rings (SSSR count). The number of aromatic nitrogens is 1. The van der Waals surface area contributed by atoms with Crippen LogP contribution in [0.4, 0.5) is 5.82 Å². The van der Waals surface area contributed by atoms with Crippen LogP contribution in [-0.4, -0.2) is 23.5 Å². The van der Waals surface area contributed by atoms with Crippen LogP contribution in [0, 0.1) is 0 Å². The largest absolute Gasteiger partial charge is 0.469 e. The first-order chi connectivity index (χ1) is 9.69. The zero-order valence-electron chi connectivity index (χ0n) is 11.7. The molecule has 0 aliphatic carbocycles. The summed E-state index contributed by atoms with van der Waals surface area (Å²) in [6, 6.07) is 9.08. The zero-order chi connectivity index (χ0) is 14.4. The molecule has 0 saturated heterocycles. The Kier molecular flexibility index (Phi) is 4.76. The molecule has 20 heavy (non-hydrogen) atoms. The fourth-order valence-electron chi connectivity index (χ4n) is 1.92. The third-order valence-electron chi connectivity index (χ3n) is 2.80. The maximum atomic E-state index is 12.1. The number of amides is 1. The minimum Gasteiger partial charge on any atom is -0.469 e. The molecular weight excluding hydrogens is 254 g/mol. The quantitative estimate of drug-likeness (QED) is 0.848. The van der Waals surface area contributed by atoms with Crippen molar-refractivity contribution in [2.45, 2.75) is 26.3 Å². The first-order valence-corrected chi connectivity index (χ1v) is 6.73. The third kappa shape index (κ3) is 3.85. The summed E-state index contributed by atoms with van der Waals surface area (Å²) in [6.45, 7) is 4.70. The molecule has 2 aromatic heterocycles. The van der Waals surface area contributed by atoms with Crippen LogP contribution < -0.4 is 10.6 Å². The fourth-order valence-corrected chi connectivity index (χ4v) is 1.92. The number of nitrogens with zero attached hydrogens (tertiary/aromatic N) is 1. The van der Waals surface area contributed by atoms with Crippen molar-refractivity contribution in [3.05, 3.63) is 48.0 Å². The van der Waals surface area contributed by atoms with E-state index in [2.05, 4.69) is 15.6 Å². The van der Waals surface area contributed by atoms with Gasteiger partial charge >= 0.3 is 0 Å². The Bertz CT molecular complexity index is 552. The van der Waals surface area contributed by atoms with Crippen LogP contribution in [0.15, 0.2) is 41.0 Å². The summed E-state index contributed by atoms with van der Waals surface area (Å²) >= 11 is 0. The van der Waals surface area contributed by atoms with E-state index < -0.39 is 0 Å². The average molecular weight is 273 g/mol.